The highest BCUT2D eigenvalue weighted by atomic mass is 35.5. The number of hydrogen-bond donors (Lipinski definition) is 0. The monoisotopic (exact) mass is 375 g/mol. The van der Waals surface area contributed by atoms with Crippen LogP contribution >= 0.6 is 23.2 Å². The zero-order valence-corrected chi connectivity index (χ0v) is 13.5. The van der Waals surface area contributed by atoms with Gasteiger partial charge < -0.3 is 4.74 Å². The Kier molecular flexibility index (Phi) is 4.36. The third kappa shape index (κ3) is 3.30. The van der Waals surface area contributed by atoms with Crippen molar-refractivity contribution in [2.45, 2.75) is 12.3 Å². The van der Waals surface area contributed by atoms with Crippen molar-refractivity contribution in [2.75, 3.05) is 11.4 Å². The van der Waals surface area contributed by atoms with Crippen LogP contribution in [0.4, 0.5) is 23.7 Å². The Labute approximate surface area is 145 Å². The molecule has 3 rings (SSSR count). The molecule has 0 N–H and O–H groups in total. The van der Waals surface area contributed by atoms with Crippen molar-refractivity contribution in [3.8, 4) is 0 Å². The van der Waals surface area contributed by atoms with Crippen LogP contribution in [0.25, 0.3) is 0 Å². The molecule has 0 radical (unpaired) electrons. The lowest BCUT2D eigenvalue weighted by Crippen LogP contribution is -2.24. The smallest absolute Gasteiger partial charge is 0.416 e. The lowest BCUT2D eigenvalue weighted by atomic mass is 10.1. The molecule has 2 aromatic carbocycles. The van der Waals surface area contributed by atoms with Crippen LogP contribution in [0.2, 0.25) is 10.0 Å². The van der Waals surface area contributed by atoms with E-state index in [-0.39, 0.29) is 12.2 Å². The topological polar surface area (TPSA) is 29.5 Å². The summed E-state index contributed by atoms with van der Waals surface area (Å²) in [6.07, 6.45) is -5.90. The van der Waals surface area contributed by atoms with Crippen LogP contribution in [0.1, 0.15) is 17.2 Å². The van der Waals surface area contributed by atoms with Gasteiger partial charge in [-0.05, 0) is 30.3 Å². The van der Waals surface area contributed by atoms with E-state index in [1.54, 1.807) is 12.1 Å². The number of amides is 1. The average molecular weight is 376 g/mol. The number of benzene rings is 2. The maximum Gasteiger partial charge on any atom is 0.416 e. The maximum atomic E-state index is 12.8. The first-order chi connectivity index (χ1) is 11.3. The first kappa shape index (κ1) is 16.9. The van der Waals surface area contributed by atoms with Crippen LogP contribution in [-0.4, -0.2) is 12.6 Å². The predicted octanol–water partition coefficient (Wildman–Crippen LogP) is 5.71. The van der Waals surface area contributed by atoms with Gasteiger partial charge in [-0.1, -0.05) is 35.3 Å². The lowest BCUT2D eigenvalue weighted by molar-refractivity contribution is -0.137. The molecule has 0 aliphatic carbocycles. The zero-order valence-electron chi connectivity index (χ0n) is 12.0. The molecule has 1 heterocycles. The quantitative estimate of drug-likeness (QED) is 0.672. The van der Waals surface area contributed by atoms with Gasteiger partial charge in [0.15, 0.2) is 0 Å². The third-order valence-electron chi connectivity index (χ3n) is 3.61. The minimum Gasteiger partial charge on any atom is -0.439 e. The molecule has 0 saturated carbocycles. The fourth-order valence-corrected chi connectivity index (χ4v) is 2.98. The van der Waals surface area contributed by atoms with E-state index in [1.165, 1.54) is 18.2 Å². The molecule has 126 valence electrons. The van der Waals surface area contributed by atoms with E-state index in [0.717, 1.165) is 17.0 Å². The summed E-state index contributed by atoms with van der Waals surface area (Å²) >= 11 is 11.9. The Morgan fingerprint density at radius 3 is 2.54 bits per heavy atom. The van der Waals surface area contributed by atoms with Crippen molar-refractivity contribution in [1.82, 2.24) is 0 Å². The molecular formula is C16H10Cl2F3NO2. The summed E-state index contributed by atoms with van der Waals surface area (Å²) in [5.41, 5.74) is -0.174. The lowest BCUT2D eigenvalue weighted by Gasteiger charge is -2.15. The molecule has 24 heavy (non-hydrogen) atoms. The number of alkyl halides is 3. The maximum absolute atomic E-state index is 12.8. The van der Waals surface area contributed by atoms with Gasteiger partial charge in [0.2, 0.25) is 0 Å². The molecule has 1 amide bonds. The minimum absolute atomic E-state index is 0.0570. The number of anilines is 1. The molecule has 0 spiro atoms. The second kappa shape index (κ2) is 6.18. The summed E-state index contributed by atoms with van der Waals surface area (Å²) < 4.78 is 43.7. The van der Waals surface area contributed by atoms with E-state index in [2.05, 4.69) is 0 Å². The van der Waals surface area contributed by atoms with Gasteiger partial charge in [-0.25, -0.2) is 4.79 Å². The number of halogens is 5. The first-order valence-corrected chi connectivity index (χ1v) is 7.61. The second-order valence-corrected chi connectivity index (χ2v) is 6.04. The molecule has 1 aliphatic rings. The number of rotatable bonds is 2. The molecule has 1 aliphatic heterocycles. The normalized spacial score (nSPS) is 18.0. The number of nitrogens with zero attached hydrogens (tertiary/aromatic N) is 1. The number of carbonyl (C=O) groups excluding carboxylic acids is 1. The van der Waals surface area contributed by atoms with E-state index in [0.29, 0.717) is 15.6 Å². The molecule has 8 heteroatoms. The number of cyclic esters (lactones) is 1. The van der Waals surface area contributed by atoms with Crippen LogP contribution in [0.15, 0.2) is 42.5 Å². The number of hydrogen-bond acceptors (Lipinski definition) is 2. The van der Waals surface area contributed by atoms with Crippen LogP contribution in [0, 0.1) is 0 Å². The van der Waals surface area contributed by atoms with Gasteiger partial charge in [0.1, 0.15) is 6.10 Å². The Hall–Kier alpha value is -1.92. The van der Waals surface area contributed by atoms with Crippen molar-refractivity contribution in [1.29, 1.82) is 0 Å². The average Bonchev–Trinajstić information content (AvgIpc) is 2.88. The van der Waals surface area contributed by atoms with Gasteiger partial charge in [-0.15, -0.1) is 0 Å². The summed E-state index contributed by atoms with van der Waals surface area (Å²) in [6.45, 7) is 0.0570. The predicted molar refractivity (Wildman–Crippen MR) is 84.5 cm³/mol. The van der Waals surface area contributed by atoms with Crippen LogP contribution < -0.4 is 4.90 Å². The molecule has 0 unspecified atom stereocenters. The van der Waals surface area contributed by atoms with Gasteiger partial charge in [0.25, 0.3) is 0 Å². The standard InChI is InChI=1S/C16H10Cl2F3NO2/c17-10-4-5-12(13(18)7-10)14-8-22(15(23)24-14)11-3-1-2-9(6-11)16(19,20)21/h1-7,14H,8H2/t14-/m0/s1. The van der Waals surface area contributed by atoms with E-state index in [1.807, 2.05) is 0 Å². The summed E-state index contributed by atoms with van der Waals surface area (Å²) in [5, 5.41) is 0.758. The molecule has 1 fully saturated rings. The first-order valence-electron chi connectivity index (χ1n) is 6.86. The molecule has 0 aromatic heterocycles. The van der Waals surface area contributed by atoms with E-state index in [4.69, 9.17) is 27.9 Å². The molecule has 1 atom stereocenters. The van der Waals surface area contributed by atoms with E-state index >= 15 is 0 Å². The Morgan fingerprint density at radius 1 is 1.12 bits per heavy atom. The molecular weight excluding hydrogens is 366 g/mol. The third-order valence-corrected chi connectivity index (χ3v) is 4.17. The fourth-order valence-electron chi connectivity index (χ4n) is 2.45. The van der Waals surface area contributed by atoms with Crippen LogP contribution in [-0.2, 0) is 10.9 Å². The zero-order chi connectivity index (χ0) is 17.5. The van der Waals surface area contributed by atoms with E-state index in [9.17, 15) is 18.0 Å². The number of ether oxygens (including phenoxy) is 1. The summed E-state index contributed by atoms with van der Waals surface area (Å²) in [5.74, 6) is 0. The largest absolute Gasteiger partial charge is 0.439 e. The van der Waals surface area contributed by atoms with Crippen LogP contribution in [0.5, 0.6) is 0 Å². The van der Waals surface area contributed by atoms with Gasteiger partial charge in [0.05, 0.1) is 12.1 Å². The minimum atomic E-state index is -4.49. The Morgan fingerprint density at radius 2 is 1.88 bits per heavy atom. The molecule has 3 nitrogen and oxygen atoms in total. The van der Waals surface area contributed by atoms with Gasteiger partial charge in [-0.3, -0.25) is 4.90 Å². The summed E-state index contributed by atoms with van der Waals surface area (Å²) in [6, 6.07) is 9.25. The molecule has 0 bridgehead atoms. The summed E-state index contributed by atoms with van der Waals surface area (Å²) in [4.78, 5) is 13.2. The number of carbonyl (C=O) groups is 1. The Balaban J connectivity index is 1.88. The van der Waals surface area contributed by atoms with E-state index < -0.39 is 23.9 Å². The van der Waals surface area contributed by atoms with Gasteiger partial charge in [-0.2, -0.15) is 13.2 Å². The highest BCUT2D eigenvalue weighted by Gasteiger charge is 2.36. The summed E-state index contributed by atoms with van der Waals surface area (Å²) in [7, 11) is 0. The highest BCUT2D eigenvalue weighted by Crippen LogP contribution is 2.37. The molecule has 2 aromatic rings. The SMILES string of the molecule is O=C1O[C@H](c2ccc(Cl)cc2Cl)CN1c1cccc(C(F)(F)F)c1. The van der Waals surface area contributed by atoms with Crippen molar-refractivity contribution in [3.63, 3.8) is 0 Å². The fraction of sp³-hybridized carbons (Fsp3) is 0.188. The van der Waals surface area contributed by atoms with Crippen molar-refractivity contribution >= 4 is 35.0 Å². The van der Waals surface area contributed by atoms with Gasteiger partial charge >= 0.3 is 12.3 Å². The van der Waals surface area contributed by atoms with Crippen molar-refractivity contribution in [2.24, 2.45) is 0 Å². The Bertz CT molecular complexity index is 795. The van der Waals surface area contributed by atoms with Gasteiger partial charge in [0, 0.05) is 21.3 Å². The highest BCUT2D eigenvalue weighted by molar-refractivity contribution is 6.35. The van der Waals surface area contributed by atoms with Crippen molar-refractivity contribution in [3.05, 3.63) is 63.6 Å². The molecule has 1 saturated heterocycles. The van der Waals surface area contributed by atoms with Crippen molar-refractivity contribution < 1.29 is 22.7 Å². The second-order valence-electron chi connectivity index (χ2n) is 5.20. The van der Waals surface area contributed by atoms with Crippen LogP contribution in [0.3, 0.4) is 0 Å².